The Bertz CT molecular complexity index is 544. The molecule has 0 fully saturated rings. The summed E-state index contributed by atoms with van der Waals surface area (Å²) >= 11 is 1.44. The lowest BCUT2D eigenvalue weighted by molar-refractivity contribution is 0.0951. The summed E-state index contributed by atoms with van der Waals surface area (Å²) in [5.74, 6) is 4.22. The molecule has 0 spiro atoms. The lowest BCUT2D eigenvalue weighted by atomic mass is 10.1. The number of benzene rings is 1. The minimum absolute atomic E-state index is 0.0201. The molecule has 2 rings (SSSR count). The van der Waals surface area contributed by atoms with E-state index in [1.807, 2.05) is 5.38 Å². The number of hydrogen-bond donors (Lipinski definition) is 3. The fraction of sp³-hybridized carbons (Fsp3) is 0.0909. The molecule has 0 atom stereocenters. The molecule has 0 saturated heterocycles. The maximum Gasteiger partial charge on any atom is 0.253 e. The maximum absolute atomic E-state index is 13.4. The lowest BCUT2D eigenvalue weighted by Crippen LogP contribution is -2.25. The molecule has 2 aromatic rings. The molecule has 1 amide bonds. The van der Waals surface area contributed by atoms with Crippen LogP contribution in [-0.2, 0) is 6.54 Å². The number of thiazole rings is 1. The first-order chi connectivity index (χ1) is 8.72. The molecule has 1 aromatic carbocycles. The first-order valence-corrected chi connectivity index (χ1v) is 6.07. The van der Waals surface area contributed by atoms with Gasteiger partial charge in [-0.25, -0.2) is 9.37 Å². The lowest BCUT2D eigenvalue weighted by Gasteiger charge is -2.09. The summed E-state index contributed by atoms with van der Waals surface area (Å²) in [7, 11) is 0. The monoisotopic (exact) mass is 266 g/mol. The Morgan fingerprint density at radius 2 is 2.33 bits per heavy atom. The number of amides is 1. The minimum Gasteiger partial charge on any atom is -0.346 e. The van der Waals surface area contributed by atoms with Crippen molar-refractivity contribution in [3.05, 3.63) is 46.2 Å². The maximum atomic E-state index is 13.4. The number of nitrogens with two attached hydrogens (primary N) is 1. The molecule has 0 radical (unpaired) electrons. The number of rotatable bonds is 4. The number of halogens is 1. The largest absolute Gasteiger partial charge is 0.346 e. The van der Waals surface area contributed by atoms with Crippen LogP contribution in [-0.4, -0.2) is 10.9 Å². The van der Waals surface area contributed by atoms with Gasteiger partial charge in [0.15, 0.2) is 0 Å². The van der Waals surface area contributed by atoms with Gasteiger partial charge in [-0.1, -0.05) is 6.07 Å². The van der Waals surface area contributed by atoms with Crippen molar-refractivity contribution in [3.8, 4) is 0 Å². The zero-order valence-electron chi connectivity index (χ0n) is 9.31. The quantitative estimate of drug-likeness (QED) is 0.578. The van der Waals surface area contributed by atoms with E-state index in [4.69, 9.17) is 5.84 Å². The van der Waals surface area contributed by atoms with Gasteiger partial charge in [0.05, 0.1) is 29.0 Å². The molecule has 5 nitrogen and oxygen atoms in total. The number of carbonyl (C=O) groups excluding carboxylic acids is 1. The molecule has 4 N–H and O–H groups in total. The predicted octanol–water partition coefficient (Wildman–Crippen LogP) is 1.50. The van der Waals surface area contributed by atoms with Crippen molar-refractivity contribution in [2.24, 2.45) is 5.84 Å². The number of aromatic nitrogens is 1. The standard InChI is InChI=1S/C11H11FN4OS/c12-9-3-1-2-8(10(9)16-13)11(17)14-4-7-5-18-6-15-7/h1-3,5-6,16H,4,13H2,(H,14,17). The molecule has 0 aliphatic heterocycles. The van der Waals surface area contributed by atoms with E-state index in [0.717, 1.165) is 5.69 Å². The van der Waals surface area contributed by atoms with Crippen molar-refractivity contribution in [2.75, 3.05) is 5.43 Å². The van der Waals surface area contributed by atoms with Crippen LogP contribution in [0.3, 0.4) is 0 Å². The third-order valence-corrected chi connectivity index (χ3v) is 2.95. The Kier molecular flexibility index (Phi) is 3.85. The first kappa shape index (κ1) is 12.5. The fourth-order valence-corrected chi connectivity index (χ4v) is 2.01. The second-order valence-corrected chi connectivity index (χ2v) is 4.19. The normalized spacial score (nSPS) is 10.1. The molecule has 0 unspecified atom stereocenters. The molecule has 0 aliphatic carbocycles. The fourth-order valence-electron chi connectivity index (χ4n) is 1.45. The summed E-state index contributed by atoms with van der Waals surface area (Å²) in [6, 6.07) is 4.18. The molecule has 1 heterocycles. The van der Waals surface area contributed by atoms with Gasteiger partial charge in [-0.05, 0) is 12.1 Å². The Morgan fingerprint density at radius 1 is 1.50 bits per heavy atom. The average Bonchev–Trinajstić information content (AvgIpc) is 2.88. The van der Waals surface area contributed by atoms with Gasteiger partial charge in [0.1, 0.15) is 5.82 Å². The van der Waals surface area contributed by atoms with Gasteiger partial charge in [0.2, 0.25) is 0 Å². The summed E-state index contributed by atoms with van der Waals surface area (Å²) in [6.45, 7) is 0.295. The second kappa shape index (κ2) is 5.56. The summed E-state index contributed by atoms with van der Waals surface area (Å²) in [5, 5.41) is 4.47. The van der Waals surface area contributed by atoms with E-state index < -0.39 is 11.7 Å². The SMILES string of the molecule is NNc1c(F)cccc1C(=O)NCc1cscn1. The molecule has 94 valence electrons. The highest BCUT2D eigenvalue weighted by Crippen LogP contribution is 2.18. The minimum atomic E-state index is -0.571. The summed E-state index contributed by atoms with van der Waals surface area (Å²) < 4.78 is 13.4. The molecule has 18 heavy (non-hydrogen) atoms. The molecular formula is C11H11FN4OS. The van der Waals surface area contributed by atoms with Crippen molar-refractivity contribution in [1.29, 1.82) is 0 Å². The van der Waals surface area contributed by atoms with E-state index in [0.29, 0.717) is 6.54 Å². The average molecular weight is 266 g/mol. The Morgan fingerprint density at radius 3 is 3.00 bits per heavy atom. The molecule has 1 aromatic heterocycles. The van der Waals surface area contributed by atoms with Crippen molar-refractivity contribution in [1.82, 2.24) is 10.3 Å². The van der Waals surface area contributed by atoms with Crippen LogP contribution in [0.2, 0.25) is 0 Å². The van der Waals surface area contributed by atoms with E-state index in [1.165, 1.54) is 29.5 Å². The van der Waals surface area contributed by atoms with Crippen molar-refractivity contribution >= 4 is 22.9 Å². The van der Waals surface area contributed by atoms with Crippen LogP contribution < -0.4 is 16.6 Å². The molecular weight excluding hydrogens is 255 g/mol. The number of para-hydroxylation sites is 1. The van der Waals surface area contributed by atoms with Gasteiger partial charge in [0.25, 0.3) is 5.91 Å². The van der Waals surface area contributed by atoms with Crippen LogP contribution in [0, 0.1) is 5.82 Å². The Labute approximate surface area is 107 Å². The van der Waals surface area contributed by atoms with E-state index in [-0.39, 0.29) is 11.3 Å². The van der Waals surface area contributed by atoms with Crippen LogP contribution >= 0.6 is 11.3 Å². The summed E-state index contributed by atoms with van der Waals surface area (Å²) in [4.78, 5) is 15.9. The molecule has 0 bridgehead atoms. The number of anilines is 1. The number of hydrazine groups is 1. The van der Waals surface area contributed by atoms with E-state index in [2.05, 4.69) is 15.7 Å². The topological polar surface area (TPSA) is 80.0 Å². The predicted molar refractivity (Wildman–Crippen MR) is 67.5 cm³/mol. The molecule has 7 heteroatoms. The Hall–Kier alpha value is -1.99. The van der Waals surface area contributed by atoms with Gasteiger partial charge in [-0.15, -0.1) is 11.3 Å². The van der Waals surface area contributed by atoms with Crippen molar-refractivity contribution in [2.45, 2.75) is 6.54 Å². The number of hydrogen-bond acceptors (Lipinski definition) is 5. The van der Waals surface area contributed by atoms with E-state index in [9.17, 15) is 9.18 Å². The highest BCUT2D eigenvalue weighted by atomic mass is 32.1. The van der Waals surface area contributed by atoms with Crippen molar-refractivity contribution < 1.29 is 9.18 Å². The van der Waals surface area contributed by atoms with Crippen LogP contribution in [0.1, 0.15) is 16.1 Å². The zero-order valence-corrected chi connectivity index (χ0v) is 10.1. The second-order valence-electron chi connectivity index (χ2n) is 3.47. The van der Waals surface area contributed by atoms with E-state index in [1.54, 1.807) is 5.51 Å². The number of nitrogens with zero attached hydrogens (tertiary/aromatic N) is 1. The highest BCUT2D eigenvalue weighted by Gasteiger charge is 2.14. The van der Waals surface area contributed by atoms with Crippen LogP contribution in [0.15, 0.2) is 29.1 Å². The molecule has 0 saturated carbocycles. The highest BCUT2D eigenvalue weighted by molar-refractivity contribution is 7.07. The number of carbonyl (C=O) groups is 1. The molecule has 0 aliphatic rings. The summed E-state index contributed by atoms with van der Waals surface area (Å²) in [5.41, 5.74) is 4.76. The zero-order chi connectivity index (χ0) is 13.0. The first-order valence-electron chi connectivity index (χ1n) is 5.12. The van der Waals surface area contributed by atoms with Gasteiger partial charge >= 0.3 is 0 Å². The number of nitrogen functional groups attached to an aromatic ring is 1. The van der Waals surface area contributed by atoms with Gasteiger partial charge < -0.3 is 10.7 Å². The Balaban J connectivity index is 2.11. The third-order valence-electron chi connectivity index (χ3n) is 2.32. The van der Waals surface area contributed by atoms with Crippen LogP contribution in [0.5, 0.6) is 0 Å². The summed E-state index contributed by atoms with van der Waals surface area (Å²) in [6.07, 6.45) is 0. The van der Waals surface area contributed by atoms with Crippen molar-refractivity contribution in [3.63, 3.8) is 0 Å². The van der Waals surface area contributed by atoms with Gasteiger partial charge in [-0.2, -0.15) is 0 Å². The smallest absolute Gasteiger partial charge is 0.253 e. The van der Waals surface area contributed by atoms with Crippen LogP contribution in [0.25, 0.3) is 0 Å². The van der Waals surface area contributed by atoms with Gasteiger partial charge in [-0.3, -0.25) is 10.6 Å². The number of nitrogens with one attached hydrogen (secondary N) is 2. The van der Waals surface area contributed by atoms with Gasteiger partial charge in [0, 0.05) is 5.38 Å². The third kappa shape index (κ3) is 2.63. The van der Waals surface area contributed by atoms with E-state index >= 15 is 0 Å². The van der Waals surface area contributed by atoms with Crippen LogP contribution in [0.4, 0.5) is 10.1 Å².